The monoisotopic (exact) mass is 480 g/mol. The van der Waals surface area contributed by atoms with Crippen LogP contribution >= 0.6 is 22.9 Å². The quantitative estimate of drug-likeness (QED) is 0.323. The van der Waals surface area contributed by atoms with E-state index < -0.39 is 35.3 Å². The molecule has 2 heterocycles. The molecule has 162 valence electrons. The molecule has 4 aromatic rings. The van der Waals surface area contributed by atoms with Gasteiger partial charge in [0.15, 0.2) is 0 Å². The van der Waals surface area contributed by atoms with Crippen LogP contribution in [0.1, 0.15) is 33.1 Å². The van der Waals surface area contributed by atoms with E-state index in [2.05, 4.69) is 10.3 Å². The topological polar surface area (TPSA) is 42.0 Å². The highest BCUT2D eigenvalue weighted by Gasteiger charge is 2.35. The first-order chi connectivity index (χ1) is 15.1. The molecule has 0 spiro atoms. The Morgan fingerprint density at radius 2 is 1.78 bits per heavy atom. The lowest BCUT2D eigenvalue weighted by Gasteiger charge is -2.14. The standard InChI is InChI=1S/C22H10ClF5N2OS/c23-15-3-1-11(24)8-14(15)18-17-13(20(31)29-18)2-4-16-19(17)30-21(32-16)9-5-10(22(26,27)28)7-12(25)6-9/h1-8,18H,(H,29,31). The van der Waals surface area contributed by atoms with E-state index in [9.17, 15) is 26.7 Å². The van der Waals surface area contributed by atoms with Crippen molar-refractivity contribution in [2.75, 3.05) is 0 Å². The Kier molecular flexibility index (Phi) is 4.72. The summed E-state index contributed by atoms with van der Waals surface area (Å²) in [6, 6.07) is 8.36. The maximum atomic E-state index is 13.9. The third-order valence-corrected chi connectivity index (χ3v) is 6.56. The largest absolute Gasteiger partial charge is 0.416 e. The maximum absolute atomic E-state index is 13.9. The number of halogens is 6. The van der Waals surface area contributed by atoms with Crippen LogP contribution in [0.4, 0.5) is 22.0 Å². The van der Waals surface area contributed by atoms with Crippen molar-refractivity contribution in [3.05, 3.63) is 87.4 Å². The van der Waals surface area contributed by atoms with Gasteiger partial charge in [-0.25, -0.2) is 13.8 Å². The third-order valence-electron chi connectivity index (χ3n) is 5.15. The number of nitrogens with one attached hydrogen (secondary N) is 1. The highest BCUT2D eigenvalue weighted by molar-refractivity contribution is 7.21. The lowest BCUT2D eigenvalue weighted by molar-refractivity contribution is -0.137. The Balaban J connectivity index is 1.70. The van der Waals surface area contributed by atoms with Crippen molar-refractivity contribution in [1.82, 2.24) is 10.3 Å². The average molecular weight is 481 g/mol. The summed E-state index contributed by atoms with van der Waals surface area (Å²) >= 11 is 7.30. The van der Waals surface area contributed by atoms with Crippen molar-refractivity contribution in [2.24, 2.45) is 0 Å². The number of amides is 1. The van der Waals surface area contributed by atoms with E-state index in [0.717, 1.165) is 23.5 Å². The summed E-state index contributed by atoms with van der Waals surface area (Å²) in [5.41, 5.74) is 0.253. The van der Waals surface area contributed by atoms with Gasteiger partial charge in [-0.1, -0.05) is 11.6 Å². The van der Waals surface area contributed by atoms with Gasteiger partial charge < -0.3 is 5.32 Å². The minimum absolute atomic E-state index is 0.0371. The fourth-order valence-corrected chi connectivity index (χ4v) is 4.95. The van der Waals surface area contributed by atoms with Gasteiger partial charge in [0.1, 0.15) is 16.6 Å². The molecule has 0 saturated carbocycles. The van der Waals surface area contributed by atoms with Crippen molar-refractivity contribution in [1.29, 1.82) is 0 Å². The summed E-state index contributed by atoms with van der Waals surface area (Å²) in [6.45, 7) is 0. The zero-order chi connectivity index (χ0) is 22.8. The molecule has 1 aliphatic heterocycles. The van der Waals surface area contributed by atoms with Crippen LogP contribution in [0.2, 0.25) is 5.02 Å². The molecule has 0 bridgehead atoms. The molecule has 1 amide bonds. The number of nitrogens with zero attached hydrogens (tertiary/aromatic N) is 1. The van der Waals surface area contributed by atoms with Crippen LogP contribution < -0.4 is 5.32 Å². The lowest BCUT2D eigenvalue weighted by atomic mass is 9.97. The molecule has 1 aromatic heterocycles. The van der Waals surface area contributed by atoms with E-state index in [-0.39, 0.29) is 15.6 Å². The average Bonchev–Trinajstić information content (AvgIpc) is 3.30. The van der Waals surface area contributed by atoms with Gasteiger partial charge in [-0.3, -0.25) is 4.79 Å². The number of hydrogen-bond acceptors (Lipinski definition) is 3. The van der Waals surface area contributed by atoms with Crippen molar-refractivity contribution in [2.45, 2.75) is 12.2 Å². The summed E-state index contributed by atoms with van der Waals surface area (Å²) in [5.74, 6) is -2.00. The minimum atomic E-state index is -4.72. The highest BCUT2D eigenvalue weighted by atomic mass is 35.5. The van der Waals surface area contributed by atoms with Crippen molar-refractivity contribution in [3.63, 3.8) is 0 Å². The van der Waals surface area contributed by atoms with Gasteiger partial charge in [0, 0.05) is 27.3 Å². The summed E-state index contributed by atoms with van der Waals surface area (Å²) in [5, 5.41) is 3.14. The van der Waals surface area contributed by atoms with Gasteiger partial charge in [-0.2, -0.15) is 13.2 Å². The number of carbonyl (C=O) groups is 1. The van der Waals surface area contributed by atoms with Crippen molar-refractivity contribution < 1.29 is 26.7 Å². The maximum Gasteiger partial charge on any atom is 0.416 e. The SMILES string of the molecule is O=C1NC(c2cc(F)ccc2Cl)c2c1ccc1sc(-c3cc(F)cc(C(F)(F)F)c3)nc21. The molecule has 3 nitrogen and oxygen atoms in total. The first-order valence-electron chi connectivity index (χ1n) is 9.19. The summed E-state index contributed by atoms with van der Waals surface area (Å²) in [6.07, 6.45) is -4.72. The van der Waals surface area contributed by atoms with E-state index >= 15 is 0 Å². The molecule has 0 aliphatic carbocycles. The number of fused-ring (bicyclic) bond motifs is 3. The zero-order valence-electron chi connectivity index (χ0n) is 15.7. The van der Waals surface area contributed by atoms with Gasteiger partial charge in [-0.05, 0) is 48.5 Å². The van der Waals surface area contributed by atoms with Crippen molar-refractivity contribution >= 4 is 39.1 Å². The molecular formula is C22H10ClF5N2OS. The predicted octanol–water partition coefficient (Wildman–Crippen LogP) is 6.75. The molecular weight excluding hydrogens is 471 g/mol. The van der Waals surface area contributed by atoms with Crippen molar-refractivity contribution in [3.8, 4) is 10.6 Å². The second-order valence-corrected chi connectivity index (χ2v) is 8.63. The van der Waals surface area contributed by atoms with Crippen LogP contribution in [-0.2, 0) is 6.18 Å². The van der Waals surface area contributed by atoms with Gasteiger partial charge in [0.05, 0.1) is 21.8 Å². The Bertz CT molecular complexity index is 1420. The second kappa shape index (κ2) is 7.25. The Hall–Kier alpha value is -3.04. The van der Waals surface area contributed by atoms with Gasteiger partial charge in [0.2, 0.25) is 0 Å². The van der Waals surface area contributed by atoms with E-state index in [1.54, 1.807) is 12.1 Å². The van der Waals surface area contributed by atoms with Gasteiger partial charge in [0.25, 0.3) is 5.91 Å². The molecule has 1 unspecified atom stereocenters. The molecule has 1 aliphatic rings. The van der Waals surface area contributed by atoms with E-state index in [4.69, 9.17) is 11.6 Å². The fourth-order valence-electron chi connectivity index (χ4n) is 3.75. The third kappa shape index (κ3) is 3.41. The molecule has 1 atom stereocenters. The summed E-state index contributed by atoms with van der Waals surface area (Å²) in [7, 11) is 0. The number of benzene rings is 3. The second-order valence-electron chi connectivity index (χ2n) is 7.19. The fraction of sp³-hybridized carbons (Fsp3) is 0.0909. The van der Waals surface area contributed by atoms with E-state index in [0.29, 0.717) is 33.0 Å². The van der Waals surface area contributed by atoms with Crippen LogP contribution in [0.25, 0.3) is 20.8 Å². The molecule has 3 aromatic carbocycles. The number of rotatable bonds is 2. The molecule has 0 saturated heterocycles. The molecule has 0 fully saturated rings. The number of aromatic nitrogens is 1. The minimum Gasteiger partial charge on any atom is -0.341 e. The smallest absolute Gasteiger partial charge is 0.341 e. The lowest BCUT2D eigenvalue weighted by Crippen LogP contribution is -2.20. The summed E-state index contributed by atoms with van der Waals surface area (Å²) in [4.78, 5) is 17.0. The zero-order valence-corrected chi connectivity index (χ0v) is 17.3. The van der Waals surface area contributed by atoms with Crippen LogP contribution in [0, 0.1) is 11.6 Å². The first-order valence-corrected chi connectivity index (χ1v) is 10.4. The van der Waals surface area contributed by atoms with Crippen LogP contribution in [0.3, 0.4) is 0 Å². The molecule has 10 heteroatoms. The van der Waals surface area contributed by atoms with Crippen LogP contribution in [0.5, 0.6) is 0 Å². The first kappa shape index (κ1) is 20.8. The normalized spacial score (nSPS) is 15.8. The molecule has 5 rings (SSSR count). The Morgan fingerprint density at radius 3 is 2.53 bits per heavy atom. The van der Waals surface area contributed by atoms with Gasteiger partial charge >= 0.3 is 6.18 Å². The Morgan fingerprint density at radius 1 is 1.00 bits per heavy atom. The number of thiazole rings is 1. The predicted molar refractivity (Wildman–Crippen MR) is 111 cm³/mol. The van der Waals surface area contributed by atoms with Crippen LogP contribution in [0.15, 0.2) is 48.5 Å². The molecule has 1 N–H and O–H groups in total. The highest BCUT2D eigenvalue weighted by Crippen LogP contribution is 2.42. The molecule has 32 heavy (non-hydrogen) atoms. The van der Waals surface area contributed by atoms with Crippen LogP contribution in [-0.4, -0.2) is 10.9 Å². The Labute approximate surface area is 186 Å². The number of alkyl halides is 3. The van der Waals surface area contributed by atoms with E-state index in [1.807, 2.05) is 0 Å². The van der Waals surface area contributed by atoms with E-state index in [1.165, 1.54) is 18.2 Å². The van der Waals surface area contributed by atoms with Gasteiger partial charge in [-0.15, -0.1) is 11.3 Å². The molecule has 0 radical (unpaired) electrons. The number of hydrogen-bond donors (Lipinski definition) is 1. The number of carbonyl (C=O) groups excluding carboxylic acids is 1. The summed E-state index contributed by atoms with van der Waals surface area (Å²) < 4.78 is 67.7.